The number of fused-ring (bicyclic) bond motifs is 1. The number of hydrogen-bond donors (Lipinski definition) is 1. The van der Waals surface area contributed by atoms with Gasteiger partial charge in [0.2, 0.25) is 0 Å². The Hall–Kier alpha value is -0.260. The third-order valence-corrected chi connectivity index (χ3v) is 5.26. The highest BCUT2D eigenvalue weighted by Gasteiger charge is 2.22. The minimum absolute atomic E-state index is 0.413. The molecule has 1 unspecified atom stereocenters. The monoisotopic (exact) mass is 389 g/mol. The average molecular weight is 390 g/mol. The Morgan fingerprint density at radius 3 is 3.06 bits per heavy atom. The summed E-state index contributed by atoms with van der Waals surface area (Å²) in [4.78, 5) is 1.45. The number of halogens is 2. The molecule has 0 spiro atoms. The smallest absolute Gasteiger partial charge is 0.0934 e. The van der Waals surface area contributed by atoms with Crippen molar-refractivity contribution in [2.45, 2.75) is 25.3 Å². The quantitative estimate of drug-likeness (QED) is 0.669. The summed E-state index contributed by atoms with van der Waals surface area (Å²) in [5, 5.41) is 3.63. The summed E-state index contributed by atoms with van der Waals surface area (Å²) >= 11 is 10.2. The highest BCUT2D eigenvalue weighted by atomic mass is 127. The van der Waals surface area contributed by atoms with Crippen LogP contribution in [0.4, 0.5) is 5.69 Å². The van der Waals surface area contributed by atoms with Gasteiger partial charge in [0.05, 0.1) is 10.4 Å². The number of hydrogen-bond acceptors (Lipinski definition) is 2. The van der Waals surface area contributed by atoms with Crippen molar-refractivity contribution in [2.75, 3.05) is 5.32 Å². The van der Waals surface area contributed by atoms with Gasteiger partial charge >= 0.3 is 0 Å². The summed E-state index contributed by atoms with van der Waals surface area (Å²) in [6, 6.07) is 11.1. The molecule has 1 aliphatic rings. The molecule has 0 saturated heterocycles. The molecule has 2 aromatic rings. The number of anilines is 1. The van der Waals surface area contributed by atoms with Crippen LogP contribution in [0.1, 0.15) is 29.3 Å². The number of aryl methyl sites for hydroxylation is 1. The van der Waals surface area contributed by atoms with Crippen LogP contribution in [-0.4, -0.2) is 0 Å². The van der Waals surface area contributed by atoms with Gasteiger partial charge in [-0.25, -0.2) is 0 Å². The van der Waals surface area contributed by atoms with Crippen molar-refractivity contribution in [3.05, 3.63) is 48.7 Å². The Morgan fingerprint density at radius 2 is 2.22 bits per heavy atom. The number of thiophene rings is 1. The summed E-state index contributed by atoms with van der Waals surface area (Å²) in [5.41, 5.74) is 2.59. The van der Waals surface area contributed by atoms with Crippen molar-refractivity contribution in [3.63, 3.8) is 0 Å². The van der Waals surface area contributed by atoms with Gasteiger partial charge in [0.25, 0.3) is 0 Å². The summed E-state index contributed by atoms with van der Waals surface area (Å²) in [6.07, 6.45) is 3.61. The van der Waals surface area contributed by atoms with Crippen molar-refractivity contribution in [1.29, 1.82) is 0 Å². The summed E-state index contributed by atoms with van der Waals surface area (Å²) in [7, 11) is 0. The average Bonchev–Trinajstić information content (AvgIpc) is 2.71. The van der Waals surface area contributed by atoms with Crippen LogP contribution in [0.3, 0.4) is 0 Å². The molecular formula is C14H13ClINS. The van der Waals surface area contributed by atoms with Gasteiger partial charge in [-0.2, -0.15) is 0 Å². The Kier molecular flexibility index (Phi) is 3.82. The molecule has 0 fully saturated rings. The van der Waals surface area contributed by atoms with Gasteiger partial charge in [-0.3, -0.25) is 0 Å². The lowest BCUT2D eigenvalue weighted by molar-refractivity contribution is 0.609. The fraction of sp³-hybridized carbons (Fsp3) is 0.286. The molecule has 1 nitrogen and oxygen atoms in total. The molecule has 0 aliphatic heterocycles. The first-order valence-corrected chi connectivity index (χ1v) is 8.30. The van der Waals surface area contributed by atoms with Crippen LogP contribution in [0.15, 0.2) is 30.3 Å². The summed E-state index contributed by atoms with van der Waals surface area (Å²) < 4.78 is 2.17. The lowest BCUT2D eigenvalue weighted by atomic mass is 9.94. The van der Waals surface area contributed by atoms with E-state index in [4.69, 9.17) is 11.6 Å². The molecule has 1 aromatic carbocycles. The molecule has 1 heterocycles. The first-order chi connectivity index (χ1) is 8.72. The first kappa shape index (κ1) is 12.8. The Labute approximate surface area is 130 Å². The summed E-state index contributed by atoms with van der Waals surface area (Å²) in [5.74, 6) is 0. The molecule has 3 rings (SSSR count). The van der Waals surface area contributed by atoms with E-state index in [1.54, 1.807) is 11.3 Å². The van der Waals surface area contributed by atoms with Crippen LogP contribution in [-0.2, 0) is 6.42 Å². The Balaban J connectivity index is 1.86. The van der Waals surface area contributed by atoms with Gasteiger partial charge in [-0.1, -0.05) is 17.7 Å². The Morgan fingerprint density at radius 1 is 1.33 bits per heavy atom. The minimum Gasteiger partial charge on any atom is -0.378 e. The minimum atomic E-state index is 0.413. The van der Waals surface area contributed by atoms with Crippen molar-refractivity contribution in [2.24, 2.45) is 0 Å². The normalized spacial score (nSPS) is 18.4. The maximum Gasteiger partial charge on any atom is 0.0934 e. The maximum absolute atomic E-state index is 6.13. The number of nitrogens with one attached hydrogen (secondary N) is 1. The molecule has 0 radical (unpaired) electrons. The predicted octanol–water partition coefficient (Wildman–Crippen LogP) is 5.50. The standard InChI is InChI=1S/C14H13ClINS/c15-14-8-11-12(5-2-6-13(11)18-14)17-10-4-1-3-9(16)7-10/h1,3-4,7-8,12,17H,2,5-6H2. The second-order valence-electron chi connectivity index (χ2n) is 4.53. The van der Waals surface area contributed by atoms with E-state index in [9.17, 15) is 0 Å². The predicted molar refractivity (Wildman–Crippen MR) is 87.8 cm³/mol. The highest BCUT2D eigenvalue weighted by molar-refractivity contribution is 14.1. The molecule has 4 heteroatoms. The van der Waals surface area contributed by atoms with Crippen LogP contribution in [0.2, 0.25) is 4.34 Å². The van der Waals surface area contributed by atoms with E-state index in [2.05, 4.69) is 58.2 Å². The largest absolute Gasteiger partial charge is 0.378 e. The zero-order valence-electron chi connectivity index (χ0n) is 9.75. The van der Waals surface area contributed by atoms with Gasteiger partial charge in [0.1, 0.15) is 0 Å². The van der Waals surface area contributed by atoms with Crippen LogP contribution in [0, 0.1) is 3.57 Å². The molecule has 18 heavy (non-hydrogen) atoms. The van der Waals surface area contributed by atoms with E-state index >= 15 is 0 Å². The lowest BCUT2D eigenvalue weighted by Gasteiger charge is -2.24. The van der Waals surface area contributed by atoms with Crippen LogP contribution < -0.4 is 5.32 Å². The number of benzene rings is 1. The van der Waals surface area contributed by atoms with E-state index in [1.807, 2.05) is 0 Å². The molecule has 1 aliphatic carbocycles. The third kappa shape index (κ3) is 2.68. The zero-order chi connectivity index (χ0) is 12.5. The molecule has 1 aromatic heterocycles. The van der Waals surface area contributed by atoms with E-state index < -0.39 is 0 Å². The molecule has 94 valence electrons. The van der Waals surface area contributed by atoms with Gasteiger partial charge in [-0.05, 0) is 71.7 Å². The zero-order valence-corrected chi connectivity index (χ0v) is 13.5. The summed E-state index contributed by atoms with van der Waals surface area (Å²) in [6.45, 7) is 0. The molecule has 1 N–H and O–H groups in total. The lowest BCUT2D eigenvalue weighted by Crippen LogP contribution is -2.15. The van der Waals surface area contributed by atoms with Crippen molar-refractivity contribution >= 4 is 51.2 Å². The van der Waals surface area contributed by atoms with Crippen molar-refractivity contribution in [3.8, 4) is 0 Å². The molecular weight excluding hydrogens is 377 g/mol. The van der Waals surface area contributed by atoms with E-state index in [1.165, 1.54) is 39.0 Å². The SMILES string of the molecule is Clc1cc2c(s1)CCCC2Nc1cccc(I)c1. The van der Waals surface area contributed by atoms with Crippen LogP contribution >= 0.6 is 45.5 Å². The molecule has 0 bridgehead atoms. The van der Waals surface area contributed by atoms with Crippen molar-refractivity contribution < 1.29 is 0 Å². The Bertz CT molecular complexity index is 567. The highest BCUT2D eigenvalue weighted by Crippen LogP contribution is 2.39. The molecule has 1 atom stereocenters. The topological polar surface area (TPSA) is 12.0 Å². The third-order valence-electron chi connectivity index (χ3n) is 3.25. The van der Waals surface area contributed by atoms with E-state index in [-0.39, 0.29) is 0 Å². The van der Waals surface area contributed by atoms with Crippen LogP contribution in [0.25, 0.3) is 0 Å². The molecule has 0 amide bonds. The van der Waals surface area contributed by atoms with Gasteiger partial charge in [0, 0.05) is 14.1 Å². The fourth-order valence-corrected chi connectivity index (χ4v) is 4.38. The van der Waals surface area contributed by atoms with Gasteiger partial charge in [0.15, 0.2) is 0 Å². The molecule has 0 saturated carbocycles. The number of rotatable bonds is 2. The van der Waals surface area contributed by atoms with E-state index in [0.717, 1.165) is 4.34 Å². The second kappa shape index (κ2) is 5.39. The second-order valence-corrected chi connectivity index (χ2v) is 7.54. The fourth-order valence-electron chi connectivity index (χ4n) is 2.45. The van der Waals surface area contributed by atoms with Crippen molar-refractivity contribution in [1.82, 2.24) is 0 Å². The van der Waals surface area contributed by atoms with Crippen LogP contribution in [0.5, 0.6) is 0 Å². The maximum atomic E-state index is 6.13. The van der Waals surface area contributed by atoms with Gasteiger partial charge < -0.3 is 5.32 Å². The van der Waals surface area contributed by atoms with E-state index in [0.29, 0.717) is 6.04 Å². The van der Waals surface area contributed by atoms with Gasteiger partial charge in [-0.15, -0.1) is 11.3 Å². The first-order valence-electron chi connectivity index (χ1n) is 6.02.